The molecule has 0 amide bonds. The van der Waals surface area contributed by atoms with Gasteiger partial charge in [0.15, 0.2) is 5.58 Å². The van der Waals surface area contributed by atoms with Crippen molar-refractivity contribution in [3.05, 3.63) is 169 Å². The average Bonchev–Trinajstić information content (AvgIpc) is 3.81. The summed E-state index contributed by atoms with van der Waals surface area (Å²) >= 11 is 0. The Hall–Kier alpha value is -6.94. The molecular formula is C50H38N4O. The SMILES string of the molecule is C1=CCCc2c(n(-c3cccc(-c4ncnc5c4oc4ccccc45)c3)c3cc(-c4ccc5c(c4)c4ccccc4n5-c4ccccc4)ccc23)C=1.CCC. The van der Waals surface area contributed by atoms with Crippen molar-refractivity contribution in [1.82, 2.24) is 19.1 Å². The van der Waals surface area contributed by atoms with Crippen molar-refractivity contribution < 1.29 is 4.42 Å². The van der Waals surface area contributed by atoms with E-state index in [1.54, 1.807) is 6.33 Å². The van der Waals surface area contributed by atoms with Gasteiger partial charge in [0.1, 0.15) is 23.1 Å². The van der Waals surface area contributed by atoms with E-state index in [0.29, 0.717) is 5.58 Å². The summed E-state index contributed by atoms with van der Waals surface area (Å²) in [5.74, 6) is 0. The van der Waals surface area contributed by atoms with Gasteiger partial charge in [0, 0.05) is 44.6 Å². The van der Waals surface area contributed by atoms with Crippen molar-refractivity contribution in [2.45, 2.75) is 33.1 Å². The van der Waals surface area contributed by atoms with E-state index in [1.807, 2.05) is 24.3 Å². The van der Waals surface area contributed by atoms with E-state index in [4.69, 9.17) is 9.40 Å². The molecule has 0 spiro atoms. The first kappa shape index (κ1) is 32.7. The van der Waals surface area contributed by atoms with Crippen LogP contribution in [0, 0.1) is 0 Å². The summed E-state index contributed by atoms with van der Waals surface area (Å²) < 4.78 is 11.1. The molecule has 0 unspecified atom stereocenters. The Balaban J connectivity index is 0.00000120. The maximum Gasteiger partial charge on any atom is 0.180 e. The van der Waals surface area contributed by atoms with E-state index in [0.717, 1.165) is 57.7 Å². The van der Waals surface area contributed by atoms with E-state index < -0.39 is 0 Å². The average molecular weight is 711 g/mol. The predicted molar refractivity (Wildman–Crippen MR) is 228 cm³/mol. The number of aryl methyl sites for hydroxylation is 1. The number of benzene rings is 6. The molecule has 264 valence electrons. The first-order valence-electron chi connectivity index (χ1n) is 19.1. The van der Waals surface area contributed by atoms with Gasteiger partial charge in [-0.05, 0) is 96.3 Å². The zero-order valence-corrected chi connectivity index (χ0v) is 30.8. The maximum atomic E-state index is 6.34. The van der Waals surface area contributed by atoms with Crippen molar-refractivity contribution in [2.75, 3.05) is 0 Å². The molecule has 0 saturated heterocycles. The number of nitrogens with zero attached hydrogens (tertiary/aromatic N) is 4. The Morgan fingerprint density at radius 1 is 0.600 bits per heavy atom. The Labute approximate surface area is 319 Å². The van der Waals surface area contributed by atoms with E-state index >= 15 is 0 Å². The van der Waals surface area contributed by atoms with Crippen LogP contribution in [0.5, 0.6) is 0 Å². The van der Waals surface area contributed by atoms with Gasteiger partial charge in [-0.3, -0.25) is 0 Å². The topological polar surface area (TPSA) is 48.8 Å². The number of furan rings is 1. The predicted octanol–water partition coefficient (Wildman–Crippen LogP) is 13.3. The standard InChI is InChI=1S/C47H30N4O.C3H8/c1-3-13-33(14-4-1)50-41-20-9-7-17-36(41)39-27-30(23-25-42(39)50)31-22-24-37-35-16-5-2-6-19-40(35)51(43(37)28-31)34-15-11-12-32(26-34)45-47-46(49-29-48-45)38-18-8-10-21-44(38)52-47;1-3-2/h1-4,7-15,17-29H,5,16H2;3H2,1-2H3. The van der Waals surface area contributed by atoms with Crippen molar-refractivity contribution in [1.29, 1.82) is 0 Å². The highest BCUT2D eigenvalue weighted by atomic mass is 16.3. The Morgan fingerprint density at radius 3 is 2.24 bits per heavy atom. The summed E-state index contributed by atoms with van der Waals surface area (Å²) in [5, 5.41) is 4.74. The lowest BCUT2D eigenvalue weighted by molar-refractivity contribution is 0.667. The number of hydrogen-bond acceptors (Lipinski definition) is 3. The second-order valence-corrected chi connectivity index (χ2v) is 14.2. The minimum absolute atomic E-state index is 0.700. The van der Waals surface area contributed by atoms with Gasteiger partial charge in [-0.25, -0.2) is 9.97 Å². The third kappa shape index (κ3) is 5.40. The molecule has 4 heterocycles. The van der Waals surface area contributed by atoms with Crippen LogP contribution in [0.3, 0.4) is 0 Å². The van der Waals surface area contributed by atoms with Crippen molar-refractivity contribution in [2.24, 2.45) is 0 Å². The number of fused-ring (bicyclic) bond motifs is 9. The van der Waals surface area contributed by atoms with E-state index in [-0.39, 0.29) is 0 Å². The molecular weight excluding hydrogens is 673 g/mol. The van der Waals surface area contributed by atoms with Gasteiger partial charge in [-0.2, -0.15) is 0 Å². The van der Waals surface area contributed by atoms with Crippen LogP contribution in [0.15, 0.2) is 162 Å². The maximum absolute atomic E-state index is 6.34. The molecule has 10 aromatic rings. The molecule has 0 N–H and O–H groups in total. The molecule has 0 saturated carbocycles. The lowest BCUT2D eigenvalue weighted by atomic mass is 10.00. The molecule has 0 aliphatic heterocycles. The fraction of sp³-hybridized carbons (Fsp3) is 0.100. The molecule has 55 heavy (non-hydrogen) atoms. The number of rotatable bonds is 4. The van der Waals surface area contributed by atoms with Crippen molar-refractivity contribution in [3.63, 3.8) is 0 Å². The molecule has 1 aliphatic rings. The van der Waals surface area contributed by atoms with E-state index in [2.05, 4.69) is 161 Å². The summed E-state index contributed by atoms with van der Waals surface area (Å²) in [5.41, 5.74) is 18.2. The van der Waals surface area contributed by atoms with Crippen LogP contribution in [0.4, 0.5) is 0 Å². The van der Waals surface area contributed by atoms with Crippen LogP contribution in [0.2, 0.25) is 0 Å². The van der Waals surface area contributed by atoms with Crippen LogP contribution < -0.4 is 0 Å². The van der Waals surface area contributed by atoms with Crippen LogP contribution in [-0.2, 0) is 6.42 Å². The fourth-order valence-corrected chi connectivity index (χ4v) is 8.21. The van der Waals surface area contributed by atoms with Crippen LogP contribution in [0.25, 0.3) is 94.6 Å². The Morgan fingerprint density at radius 2 is 1.35 bits per heavy atom. The second kappa shape index (κ2) is 13.5. The largest absolute Gasteiger partial charge is 0.452 e. The molecule has 6 aromatic carbocycles. The number of allylic oxidation sites excluding steroid dienone is 1. The molecule has 11 rings (SSSR count). The summed E-state index contributed by atoms with van der Waals surface area (Å²) in [4.78, 5) is 9.34. The van der Waals surface area contributed by atoms with Gasteiger partial charge < -0.3 is 13.6 Å². The third-order valence-electron chi connectivity index (χ3n) is 10.5. The first-order valence-corrected chi connectivity index (χ1v) is 19.1. The highest BCUT2D eigenvalue weighted by Gasteiger charge is 2.21. The van der Waals surface area contributed by atoms with Gasteiger partial charge in [0.25, 0.3) is 0 Å². The van der Waals surface area contributed by atoms with Gasteiger partial charge >= 0.3 is 0 Å². The van der Waals surface area contributed by atoms with Gasteiger partial charge in [0.05, 0.1) is 22.2 Å². The molecule has 5 heteroatoms. The molecule has 0 bridgehead atoms. The van der Waals surface area contributed by atoms with Crippen LogP contribution in [-0.4, -0.2) is 19.1 Å². The van der Waals surface area contributed by atoms with Crippen LogP contribution >= 0.6 is 0 Å². The van der Waals surface area contributed by atoms with E-state index in [1.165, 1.54) is 55.8 Å². The van der Waals surface area contributed by atoms with Crippen molar-refractivity contribution in [3.8, 4) is 33.8 Å². The molecule has 0 fully saturated rings. The highest BCUT2D eigenvalue weighted by molar-refractivity contribution is 6.11. The molecule has 5 nitrogen and oxygen atoms in total. The summed E-state index contributed by atoms with van der Waals surface area (Å²) in [6.07, 6.45) is 9.08. The number of para-hydroxylation sites is 3. The van der Waals surface area contributed by atoms with Crippen LogP contribution in [0.1, 0.15) is 37.9 Å². The quantitative estimate of drug-likeness (QED) is 0.171. The number of hydrogen-bond donors (Lipinski definition) is 0. The minimum Gasteiger partial charge on any atom is -0.452 e. The molecule has 0 atom stereocenters. The smallest absolute Gasteiger partial charge is 0.180 e. The molecule has 0 radical (unpaired) electrons. The highest BCUT2D eigenvalue weighted by Crippen LogP contribution is 2.40. The van der Waals surface area contributed by atoms with E-state index in [9.17, 15) is 0 Å². The lowest BCUT2D eigenvalue weighted by Crippen LogP contribution is -1.98. The summed E-state index contributed by atoms with van der Waals surface area (Å²) in [6.45, 7) is 4.25. The van der Waals surface area contributed by atoms with Crippen molar-refractivity contribution >= 4 is 60.9 Å². The van der Waals surface area contributed by atoms with Gasteiger partial charge in [0.2, 0.25) is 0 Å². The lowest BCUT2D eigenvalue weighted by Gasteiger charge is -2.12. The monoisotopic (exact) mass is 710 g/mol. The number of aromatic nitrogens is 4. The second-order valence-electron chi connectivity index (χ2n) is 14.2. The van der Waals surface area contributed by atoms with Gasteiger partial charge in [-0.1, -0.05) is 99.1 Å². The van der Waals surface area contributed by atoms with Gasteiger partial charge in [-0.15, -0.1) is 5.73 Å². The normalized spacial score (nSPS) is 12.4. The Bertz CT molecular complexity index is 3130. The summed E-state index contributed by atoms with van der Waals surface area (Å²) in [6, 6.07) is 49.8. The Kier molecular flexibility index (Phi) is 8.01. The minimum atomic E-state index is 0.700. The third-order valence-corrected chi connectivity index (χ3v) is 10.5. The zero-order chi connectivity index (χ0) is 36.9. The summed E-state index contributed by atoms with van der Waals surface area (Å²) in [7, 11) is 0. The first-order chi connectivity index (χ1) is 27.2. The fourth-order valence-electron chi connectivity index (χ4n) is 8.21. The molecule has 4 aromatic heterocycles. The zero-order valence-electron chi connectivity index (χ0n) is 30.8. The molecule has 1 aliphatic carbocycles.